The molecular formula is C10H7Br2NO2. The molecule has 0 radical (unpaired) electrons. The van der Waals surface area contributed by atoms with Gasteiger partial charge in [0.1, 0.15) is 4.83 Å². The highest BCUT2D eigenvalue weighted by Gasteiger charge is 2.40. The molecule has 1 saturated heterocycles. The fourth-order valence-electron chi connectivity index (χ4n) is 1.54. The summed E-state index contributed by atoms with van der Waals surface area (Å²) in [6, 6.07) is 7.37. The predicted molar refractivity (Wildman–Crippen MR) is 62.7 cm³/mol. The fraction of sp³-hybridized carbons (Fsp3) is 0.200. The van der Waals surface area contributed by atoms with Gasteiger partial charge in [0.05, 0.1) is 5.92 Å². The van der Waals surface area contributed by atoms with Crippen LogP contribution in [0.5, 0.6) is 0 Å². The number of benzene rings is 1. The Labute approximate surface area is 103 Å². The lowest BCUT2D eigenvalue weighted by Gasteiger charge is -2.09. The monoisotopic (exact) mass is 331 g/mol. The second kappa shape index (κ2) is 4.06. The molecule has 0 unspecified atom stereocenters. The van der Waals surface area contributed by atoms with Gasteiger partial charge in [-0.15, -0.1) is 0 Å². The van der Waals surface area contributed by atoms with Gasteiger partial charge in [-0.3, -0.25) is 14.9 Å². The average molecular weight is 333 g/mol. The summed E-state index contributed by atoms with van der Waals surface area (Å²) in [5.74, 6) is -0.942. The minimum absolute atomic E-state index is 0.246. The molecule has 0 aromatic heterocycles. The van der Waals surface area contributed by atoms with Crippen LogP contribution < -0.4 is 5.32 Å². The zero-order valence-corrected chi connectivity index (χ0v) is 10.7. The van der Waals surface area contributed by atoms with Crippen LogP contribution in [0.15, 0.2) is 28.7 Å². The number of hydrogen-bond donors (Lipinski definition) is 1. The number of carbonyl (C=O) groups excluding carboxylic acids is 2. The van der Waals surface area contributed by atoms with Crippen molar-refractivity contribution in [3.8, 4) is 0 Å². The quantitative estimate of drug-likeness (QED) is 0.631. The minimum Gasteiger partial charge on any atom is -0.295 e. The molecule has 2 atom stereocenters. The highest BCUT2D eigenvalue weighted by molar-refractivity contribution is 9.10. The van der Waals surface area contributed by atoms with Crippen LogP contribution in [-0.2, 0) is 9.59 Å². The molecule has 1 aliphatic rings. The molecular weight excluding hydrogens is 326 g/mol. The summed E-state index contributed by atoms with van der Waals surface area (Å²) in [7, 11) is 0. The molecule has 1 aromatic carbocycles. The van der Waals surface area contributed by atoms with Gasteiger partial charge in [-0.05, 0) is 17.7 Å². The van der Waals surface area contributed by atoms with Crippen LogP contribution in [0.2, 0.25) is 0 Å². The van der Waals surface area contributed by atoms with Crippen LogP contribution in [-0.4, -0.2) is 16.6 Å². The van der Waals surface area contributed by atoms with Gasteiger partial charge in [0, 0.05) is 4.47 Å². The Morgan fingerprint density at radius 3 is 2.13 bits per heavy atom. The third kappa shape index (κ3) is 1.99. The largest absolute Gasteiger partial charge is 0.295 e. The van der Waals surface area contributed by atoms with E-state index in [0.717, 1.165) is 10.0 Å². The second-order valence-electron chi connectivity index (χ2n) is 3.28. The van der Waals surface area contributed by atoms with Gasteiger partial charge >= 0.3 is 0 Å². The van der Waals surface area contributed by atoms with Crippen molar-refractivity contribution in [2.45, 2.75) is 10.7 Å². The Balaban J connectivity index is 2.34. The van der Waals surface area contributed by atoms with Crippen molar-refractivity contribution in [3.63, 3.8) is 0 Å². The first-order valence-corrected chi connectivity index (χ1v) is 6.04. The maximum absolute atomic E-state index is 11.5. The second-order valence-corrected chi connectivity index (χ2v) is 5.19. The smallest absolute Gasteiger partial charge is 0.241 e. The Kier molecular flexibility index (Phi) is 2.93. The molecule has 3 nitrogen and oxygen atoms in total. The molecule has 0 bridgehead atoms. The molecule has 15 heavy (non-hydrogen) atoms. The number of hydrogen-bond acceptors (Lipinski definition) is 2. The molecule has 78 valence electrons. The van der Waals surface area contributed by atoms with Crippen molar-refractivity contribution in [3.05, 3.63) is 34.3 Å². The lowest BCUT2D eigenvalue weighted by Crippen LogP contribution is -2.22. The number of amides is 2. The standard InChI is InChI=1S/C10H7Br2NO2/c11-6-3-1-5(2-4-6)7-8(12)10(15)13-9(7)14/h1-4,7-8H,(H,13,14,15)/t7-,8+/m1/s1. The SMILES string of the molecule is O=C1NC(=O)[C@H](c2ccc(Br)cc2)[C@@H]1Br. The minimum atomic E-state index is -0.467. The maximum Gasteiger partial charge on any atom is 0.241 e. The van der Waals surface area contributed by atoms with Crippen LogP contribution >= 0.6 is 31.9 Å². The van der Waals surface area contributed by atoms with Crippen LogP contribution in [0.1, 0.15) is 11.5 Å². The Morgan fingerprint density at radius 1 is 1.07 bits per heavy atom. The normalized spacial score (nSPS) is 25.5. The number of carbonyl (C=O) groups is 2. The van der Waals surface area contributed by atoms with Crippen molar-refractivity contribution in [1.29, 1.82) is 0 Å². The maximum atomic E-state index is 11.5. The molecule has 1 fully saturated rings. The van der Waals surface area contributed by atoms with E-state index in [0.29, 0.717) is 0 Å². The molecule has 0 spiro atoms. The van der Waals surface area contributed by atoms with Crippen LogP contribution in [0, 0.1) is 0 Å². The summed E-state index contributed by atoms with van der Waals surface area (Å²) in [5.41, 5.74) is 0.837. The molecule has 1 aliphatic heterocycles. The topological polar surface area (TPSA) is 46.2 Å². The van der Waals surface area contributed by atoms with Crippen LogP contribution in [0.3, 0.4) is 0 Å². The van der Waals surface area contributed by atoms with Crippen molar-refractivity contribution in [2.75, 3.05) is 0 Å². The van der Waals surface area contributed by atoms with E-state index in [1.807, 2.05) is 24.3 Å². The van der Waals surface area contributed by atoms with Gasteiger partial charge in [0.2, 0.25) is 11.8 Å². The van der Waals surface area contributed by atoms with Crippen molar-refractivity contribution in [2.24, 2.45) is 0 Å². The summed E-state index contributed by atoms with van der Waals surface area (Å²) in [6.45, 7) is 0. The lowest BCUT2D eigenvalue weighted by molar-refractivity contribution is -0.125. The van der Waals surface area contributed by atoms with Crippen molar-refractivity contribution < 1.29 is 9.59 Å². The molecule has 0 aliphatic carbocycles. The molecule has 2 amide bonds. The van der Waals surface area contributed by atoms with E-state index < -0.39 is 10.7 Å². The first kappa shape index (κ1) is 10.8. The summed E-state index contributed by atoms with van der Waals surface area (Å²) in [4.78, 5) is 22.3. The van der Waals surface area contributed by atoms with Gasteiger partial charge in [-0.1, -0.05) is 44.0 Å². The predicted octanol–water partition coefficient (Wildman–Crippen LogP) is 1.95. The van der Waals surface area contributed by atoms with E-state index >= 15 is 0 Å². The van der Waals surface area contributed by atoms with Crippen molar-refractivity contribution >= 4 is 43.7 Å². The Hall–Kier alpha value is -0.680. The van der Waals surface area contributed by atoms with E-state index in [1.54, 1.807) is 0 Å². The molecule has 1 N–H and O–H groups in total. The third-order valence-corrected chi connectivity index (χ3v) is 3.77. The third-order valence-electron chi connectivity index (χ3n) is 2.30. The van der Waals surface area contributed by atoms with Crippen LogP contribution in [0.4, 0.5) is 0 Å². The average Bonchev–Trinajstić information content (AvgIpc) is 2.44. The molecule has 0 saturated carbocycles. The van der Waals surface area contributed by atoms with Gasteiger partial charge in [-0.2, -0.15) is 0 Å². The Morgan fingerprint density at radius 2 is 1.67 bits per heavy atom. The Bertz CT molecular complexity index is 416. The van der Waals surface area contributed by atoms with E-state index in [2.05, 4.69) is 37.2 Å². The van der Waals surface area contributed by atoms with E-state index in [9.17, 15) is 9.59 Å². The number of rotatable bonds is 1. The number of halogens is 2. The van der Waals surface area contributed by atoms with Gasteiger partial charge in [0.15, 0.2) is 0 Å². The molecule has 1 aromatic rings. The fourth-order valence-corrected chi connectivity index (χ4v) is 2.47. The van der Waals surface area contributed by atoms with Gasteiger partial charge in [-0.25, -0.2) is 0 Å². The summed E-state index contributed by atoms with van der Waals surface area (Å²) in [6.07, 6.45) is 0. The number of nitrogens with one attached hydrogen (secondary N) is 1. The van der Waals surface area contributed by atoms with E-state index in [4.69, 9.17) is 0 Å². The van der Waals surface area contributed by atoms with Crippen molar-refractivity contribution in [1.82, 2.24) is 5.32 Å². The first-order chi connectivity index (χ1) is 7.09. The number of alkyl halides is 1. The zero-order valence-electron chi connectivity index (χ0n) is 7.54. The molecule has 5 heteroatoms. The van der Waals surface area contributed by atoms with Crippen LogP contribution in [0.25, 0.3) is 0 Å². The van der Waals surface area contributed by atoms with Gasteiger partial charge in [0.25, 0.3) is 0 Å². The summed E-state index contributed by atoms with van der Waals surface area (Å²) in [5, 5.41) is 2.29. The molecule has 1 heterocycles. The summed E-state index contributed by atoms with van der Waals surface area (Å²) < 4.78 is 0.946. The zero-order chi connectivity index (χ0) is 11.0. The summed E-state index contributed by atoms with van der Waals surface area (Å²) >= 11 is 6.54. The van der Waals surface area contributed by atoms with E-state index in [1.165, 1.54) is 0 Å². The first-order valence-electron chi connectivity index (χ1n) is 4.34. The lowest BCUT2D eigenvalue weighted by atomic mass is 9.98. The highest BCUT2D eigenvalue weighted by Crippen LogP contribution is 2.30. The highest BCUT2D eigenvalue weighted by atomic mass is 79.9. The van der Waals surface area contributed by atoms with E-state index in [-0.39, 0.29) is 11.8 Å². The van der Waals surface area contributed by atoms with Gasteiger partial charge < -0.3 is 0 Å². The number of imide groups is 1. The molecule has 2 rings (SSSR count).